The molecule has 1 atom stereocenters. The molecule has 0 saturated carbocycles. The summed E-state index contributed by atoms with van der Waals surface area (Å²) < 4.78 is 35.1. The third kappa shape index (κ3) is 4.07. The Hall–Kier alpha value is -3.25. The van der Waals surface area contributed by atoms with Crippen LogP contribution in [0.25, 0.3) is 17.5 Å². The quantitative estimate of drug-likeness (QED) is 0.366. The molecular weight excluding hydrogens is 537 g/mol. The second-order valence-corrected chi connectivity index (χ2v) is 12.6. The highest BCUT2D eigenvalue weighted by Gasteiger charge is 2.42. The van der Waals surface area contributed by atoms with Crippen LogP contribution in [0.15, 0.2) is 80.0 Å². The summed E-state index contributed by atoms with van der Waals surface area (Å²) in [5, 5.41) is 3.69. The number of nitrogens with zero attached hydrogens (tertiary/aromatic N) is 1. The minimum atomic E-state index is -4.20. The maximum Gasteiger partial charge on any atom is 0.338 e. The number of thiophene rings is 2. The number of carbonyl (C=O) groups is 1. The van der Waals surface area contributed by atoms with Gasteiger partial charge in [-0.3, -0.25) is 9.36 Å². The van der Waals surface area contributed by atoms with Crippen molar-refractivity contribution < 1.29 is 17.9 Å². The van der Waals surface area contributed by atoms with E-state index in [0.717, 1.165) is 20.8 Å². The van der Waals surface area contributed by atoms with Crippen LogP contribution in [0.2, 0.25) is 0 Å². The van der Waals surface area contributed by atoms with Crippen molar-refractivity contribution in [1.82, 2.24) is 4.57 Å². The molecule has 4 aromatic rings. The molecule has 2 N–H and O–H groups in total. The van der Waals surface area contributed by atoms with Gasteiger partial charge in [0.2, 0.25) is 9.84 Å². The molecule has 11 heteroatoms. The first kappa shape index (κ1) is 24.4. The first-order valence-corrected chi connectivity index (χ1v) is 14.9. The van der Waals surface area contributed by atoms with E-state index in [2.05, 4.69) is 0 Å². The van der Waals surface area contributed by atoms with Crippen LogP contribution in [0, 0.1) is 0 Å². The van der Waals surface area contributed by atoms with Crippen LogP contribution < -0.4 is 20.5 Å². The third-order valence-electron chi connectivity index (χ3n) is 5.58. The zero-order chi connectivity index (χ0) is 25.4. The lowest BCUT2D eigenvalue weighted by Gasteiger charge is -2.27. The number of sulfone groups is 1. The standard InChI is InChI=1S/C25H20N2O5S4/c1-2-32-25(29)20-19(17-11-7-13-34-17)21(36(30,31)16-9-4-3-5-10-16)22(26)27-23(28)18(35-24(20)27)14-15-8-6-12-33-15/h3-14,19H,2,26H2,1H3/t19-/m0/s1. The van der Waals surface area contributed by atoms with Gasteiger partial charge in [0.25, 0.3) is 5.56 Å². The van der Waals surface area contributed by atoms with Gasteiger partial charge in [0.15, 0.2) is 0 Å². The SMILES string of the molecule is CCOC(=O)C1=c2sc(=Cc3cccs3)c(=O)n2C(N)=C(S(=O)(=O)c2ccccc2)[C@H]1c1cccs1. The number of fused-ring (bicyclic) bond motifs is 1. The number of allylic oxidation sites excluding steroid dienone is 1. The van der Waals surface area contributed by atoms with Crippen molar-refractivity contribution in [3.63, 3.8) is 0 Å². The van der Waals surface area contributed by atoms with E-state index in [0.29, 0.717) is 9.41 Å². The van der Waals surface area contributed by atoms with E-state index >= 15 is 0 Å². The molecule has 0 unspecified atom stereocenters. The fourth-order valence-electron chi connectivity index (χ4n) is 4.06. The van der Waals surface area contributed by atoms with Crippen molar-refractivity contribution in [1.29, 1.82) is 0 Å². The fourth-order valence-corrected chi connectivity index (χ4v) is 8.55. The molecule has 1 aromatic carbocycles. The van der Waals surface area contributed by atoms with E-state index in [4.69, 9.17) is 10.5 Å². The summed E-state index contributed by atoms with van der Waals surface area (Å²) in [5.41, 5.74) is 6.12. The van der Waals surface area contributed by atoms with Gasteiger partial charge in [-0.15, -0.1) is 34.0 Å². The average Bonchev–Trinajstić information content (AvgIpc) is 3.63. The van der Waals surface area contributed by atoms with Crippen LogP contribution in [0.4, 0.5) is 0 Å². The maximum atomic E-state index is 14.0. The highest BCUT2D eigenvalue weighted by atomic mass is 32.2. The molecule has 4 heterocycles. The van der Waals surface area contributed by atoms with Gasteiger partial charge < -0.3 is 10.5 Å². The van der Waals surface area contributed by atoms with Crippen LogP contribution in [-0.4, -0.2) is 25.6 Å². The topological polar surface area (TPSA) is 108 Å². The van der Waals surface area contributed by atoms with Gasteiger partial charge in [0.05, 0.1) is 27.5 Å². The van der Waals surface area contributed by atoms with Crippen LogP contribution in [0.3, 0.4) is 0 Å². The van der Waals surface area contributed by atoms with E-state index in [1.165, 1.54) is 34.8 Å². The maximum absolute atomic E-state index is 14.0. The van der Waals surface area contributed by atoms with Gasteiger partial charge in [-0.05, 0) is 48.0 Å². The van der Waals surface area contributed by atoms with Gasteiger partial charge in [-0.25, -0.2) is 13.2 Å². The monoisotopic (exact) mass is 556 g/mol. The number of aromatic nitrogens is 1. The van der Waals surface area contributed by atoms with Gasteiger partial charge >= 0.3 is 5.97 Å². The second kappa shape index (κ2) is 9.66. The Balaban J connectivity index is 1.92. The first-order chi connectivity index (χ1) is 17.3. The lowest BCUT2D eigenvalue weighted by Crippen LogP contribution is -2.41. The van der Waals surface area contributed by atoms with Crippen LogP contribution in [0.1, 0.15) is 22.6 Å². The molecule has 0 saturated heterocycles. The number of thiazole rings is 1. The van der Waals surface area contributed by atoms with Crippen LogP contribution in [-0.2, 0) is 19.4 Å². The van der Waals surface area contributed by atoms with E-state index < -0.39 is 27.3 Å². The largest absolute Gasteiger partial charge is 0.463 e. The number of rotatable bonds is 6. The number of hydrogen-bond donors (Lipinski definition) is 1. The average molecular weight is 557 g/mol. The number of ether oxygens (including phenoxy) is 1. The molecule has 0 bridgehead atoms. The lowest BCUT2D eigenvalue weighted by atomic mass is 9.95. The minimum absolute atomic E-state index is 0.0183. The lowest BCUT2D eigenvalue weighted by molar-refractivity contribution is -0.136. The molecule has 0 spiro atoms. The van der Waals surface area contributed by atoms with Crippen LogP contribution >= 0.6 is 34.0 Å². The van der Waals surface area contributed by atoms with Crippen molar-refractivity contribution in [3.05, 3.63) is 99.6 Å². The smallest absolute Gasteiger partial charge is 0.338 e. The molecule has 0 fully saturated rings. The summed E-state index contributed by atoms with van der Waals surface area (Å²) in [4.78, 5) is 28.2. The minimum Gasteiger partial charge on any atom is -0.463 e. The highest BCUT2D eigenvalue weighted by molar-refractivity contribution is 7.95. The fraction of sp³-hybridized carbons (Fsp3) is 0.120. The zero-order valence-electron chi connectivity index (χ0n) is 18.9. The Labute approximate surface area is 218 Å². The van der Waals surface area contributed by atoms with E-state index in [1.807, 2.05) is 17.5 Å². The molecule has 0 radical (unpaired) electrons. The molecule has 7 nitrogen and oxygen atoms in total. The predicted molar refractivity (Wildman–Crippen MR) is 144 cm³/mol. The summed E-state index contributed by atoms with van der Waals surface area (Å²) in [6, 6.07) is 15.1. The summed E-state index contributed by atoms with van der Waals surface area (Å²) in [7, 11) is -4.20. The Bertz CT molecular complexity index is 1750. The van der Waals surface area contributed by atoms with Crippen LogP contribution in [0.5, 0.6) is 0 Å². The number of esters is 1. The molecule has 3 aromatic heterocycles. The van der Waals surface area contributed by atoms with Crippen molar-refractivity contribution in [2.24, 2.45) is 5.73 Å². The van der Waals surface area contributed by atoms with E-state index in [9.17, 15) is 18.0 Å². The highest BCUT2D eigenvalue weighted by Crippen LogP contribution is 2.43. The second-order valence-electron chi connectivity index (χ2n) is 7.72. The summed E-state index contributed by atoms with van der Waals surface area (Å²) in [6.07, 6.45) is 1.71. The Morgan fingerprint density at radius 2 is 1.81 bits per heavy atom. The third-order valence-corrected chi connectivity index (χ3v) is 10.4. The molecule has 184 valence electrons. The number of benzene rings is 1. The van der Waals surface area contributed by atoms with Crippen molar-refractivity contribution in [2.45, 2.75) is 17.7 Å². The number of carbonyl (C=O) groups excluding carboxylic acids is 1. The predicted octanol–water partition coefficient (Wildman–Crippen LogP) is 2.93. The van der Waals surface area contributed by atoms with Crippen molar-refractivity contribution in [3.8, 4) is 0 Å². The molecular formula is C25H20N2O5S4. The van der Waals surface area contributed by atoms with Crippen molar-refractivity contribution in [2.75, 3.05) is 6.61 Å². The molecule has 1 aliphatic heterocycles. The Kier molecular flexibility index (Phi) is 6.56. The Morgan fingerprint density at radius 3 is 2.44 bits per heavy atom. The normalized spacial score (nSPS) is 16.3. The van der Waals surface area contributed by atoms with Crippen molar-refractivity contribution >= 4 is 67.3 Å². The summed E-state index contributed by atoms with van der Waals surface area (Å²) in [5.74, 6) is -1.93. The number of nitrogens with two attached hydrogens (primary N) is 1. The summed E-state index contributed by atoms with van der Waals surface area (Å²) >= 11 is 3.85. The van der Waals surface area contributed by atoms with Gasteiger partial charge in [-0.1, -0.05) is 30.3 Å². The summed E-state index contributed by atoms with van der Waals surface area (Å²) in [6.45, 7) is 1.76. The van der Waals surface area contributed by atoms with Gasteiger partial charge in [-0.2, -0.15) is 0 Å². The van der Waals surface area contributed by atoms with Gasteiger partial charge in [0.1, 0.15) is 15.4 Å². The number of hydrogen-bond acceptors (Lipinski definition) is 9. The molecule has 36 heavy (non-hydrogen) atoms. The molecule has 1 aliphatic rings. The van der Waals surface area contributed by atoms with E-state index in [-0.39, 0.29) is 32.5 Å². The van der Waals surface area contributed by atoms with E-state index in [1.54, 1.807) is 48.7 Å². The molecule has 5 rings (SSSR count). The van der Waals surface area contributed by atoms with Gasteiger partial charge in [0, 0.05) is 9.75 Å². The Morgan fingerprint density at radius 1 is 1.08 bits per heavy atom. The first-order valence-electron chi connectivity index (χ1n) is 10.9. The molecule has 0 aliphatic carbocycles. The zero-order valence-corrected chi connectivity index (χ0v) is 22.2. The molecule has 0 amide bonds.